The van der Waals surface area contributed by atoms with Crippen LogP contribution in [0.2, 0.25) is 0 Å². The van der Waals surface area contributed by atoms with Gasteiger partial charge in [0, 0.05) is 20.6 Å². The van der Waals surface area contributed by atoms with Gasteiger partial charge in [0.2, 0.25) is 0 Å². The molecular weight excluding hydrogens is 126 g/mol. The van der Waals surface area contributed by atoms with Crippen LogP contribution in [0.1, 0.15) is 19.8 Å². The van der Waals surface area contributed by atoms with E-state index in [0.717, 1.165) is 13.0 Å². The molecule has 0 rings (SSSR count). The summed E-state index contributed by atoms with van der Waals surface area (Å²) in [6.07, 6.45) is 2.29. The maximum atomic E-state index is 5.53. The van der Waals surface area contributed by atoms with E-state index in [2.05, 4.69) is 11.9 Å². The number of nitrogens with zero attached hydrogens (tertiary/aromatic N) is 2. The van der Waals surface area contributed by atoms with Gasteiger partial charge in [0.05, 0.1) is 0 Å². The number of hydrogen-bond acceptors (Lipinski definition) is 1. The molecule has 0 unspecified atom stereocenters. The normalized spacial score (nSPS) is 11.7. The molecule has 60 valence electrons. The highest BCUT2D eigenvalue weighted by Crippen LogP contribution is 1.87. The summed E-state index contributed by atoms with van der Waals surface area (Å²) in [5.74, 6) is 0.619. The van der Waals surface area contributed by atoms with Gasteiger partial charge in [0.1, 0.15) is 0 Å². The number of rotatable bonds is 3. The molecule has 3 nitrogen and oxygen atoms in total. The third-order valence-corrected chi connectivity index (χ3v) is 1.24. The summed E-state index contributed by atoms with van der Waals surface area (Å²) in [5.41, 5.74) is 5.53. The highest BCUT2D eigenvalue weighted by atomic mass is 15.2. The third-order valence-electron chi connectivity index (χ3n) is 1.24. The molecule has 0 aliphatic rings. The lowest BCUT2D eigenvalue weighted by atomic mass is 10.3. The van der Waals surface area contributed by atoms with E-state index >= 15 is 0 Å². The van der Waals surface area contributed by atoms with E-state index in [4.69, 9.17) is 5.73 Å². The number of aliphatic imine (C=N–C) groups is 1. The zero-order chi connectivity index (χ0) is 7.98. The zero-order valence-electron chi connectivity index (χ0n) is 7.09. The van der Waals surface area contributed by atoms with Crippen molar-refractivity contribution in [2.45, 2.75) is 19.8 Å². The molecule has 0 bridgehead atoms. The van der Waals surface area contributed by atoms with Crippen molar-refractivity contribution in [1.82, 2.24) is 4.90 Å². The van der Waals surface area contributed by atoms with Gasteiger partial charge in [-0.05, 0) is 6.42 Å². The van der Waals surface area contributed by atoms with Gasteiger partial charge >= 0.3 is 0 Å². The highest BCUT2D eigenvalue weighted by molar-refractivity contribution is 5.77. The van der Waals surface area contributed by atoms with Gasteiger partial charge in [0.25, 0.3) is 0 Å². The summed E-state index contributed by atoms with van der Waals surface area (Å²) in [6.45, 7) is 2.99. The van der Waals surface area contributed by atoms with Gasteiger partial charge < -0.3 is 10.6 Å². The van der Waals surface area contributed by atoms with Gasteiger partial charge in [-0.1, -0.05) is 13.3 Å². The van der Waals surface area contributed by atoms with Crippen molar-refractivity contribution in [3.63, 3.8) is 0 Å². The molecule has 0 spiro atoms. The van der Waals surface area contributed by atoms with Crippen LogP contribution in [-0.4, -0.2) is 31.5 Å². The van der Waals surface area contributed by atoms with Crippen molar-refractivity contribution in [3.05, 3.63) is 0 Å². The molecule has 0 aliphatic heterocycles. The molecule has 0 aliphatic carbocycles. The SMILES string of the molecule is CCCCN=C(N)N(C)C. The summed E-state index contributed by atoms with van der Waals surface area (Å²) < 4.78 is 0. The second-order valence-corrected chi connectivity index (χ2v) is 2.49. The first-order chi connectivity index (χ1) is 4.68. The Hall–Kier alpha value is -0.730. The van der Waals surface area contributed by atoms with Gasteiger partial charge in [-0.25, -0.2) is 0 Å². The predicted molar refractivity (Wildman–Crippen MR) is 45.1 cm³/mol. The first-order valence-electron chi connectivity index (χ1n) is 3.65. The Labute approximate surface area is 62.9 Å². The van der Waals surface area contributed by atoms with Crippen molar-refractivity contribution in [2.24, 2.45) is 10.7 Å². The summed E-state index contributed by atoms with van der Waals surface area (Å²) in [5, 5.41) is 0. The molecule has 0 aromatic rings. The molecule has 2 N–H and O–H groups in total. The molecule has 0 atom stereocenters. The smallest absolute Gasteiger partial charge is 0.190 e. The van der Waals surface area contributed by atoms with Crippen LogP contribution in [0.4, 0.5) is 0 Å². The number of guanidine groups is 1. The standard InChI is InChI=1S/C7H17N3/c1-4-5-6-9-7(8)10(2)3/h4-6H2,1-3H3,(H2,8,9). The minimum atomic E-state index is 0.619. The lowest BCUT2D eigenvalue weighted by molar-refractivity contribution is 0.607. The van der Waals surface area contributed by atoms with Crippen molar-refractivity contribution >= 4 is 5.96 Å². The molecule has 0 heterocycles. The maximum absolute atomic E-state index is 5.53. The Morgan fingerprint density at radius 2 is 2.10 bits per heavy atom. The minimum absolute atomic E-state index is 0.619. The van der Waals surface area contributed by atoms with Crippen molar-refractivity contribution in [3.8, 4) is 0 Å². The molecule has 0 saturated carbocycles. The molecule has 0 saturated heterocycles. The second-order valence-electron chi connectivity index (χ2n) is 2.49. The van der Waals surface area contributed by atoms with Crippen LogP contribution < -0.4 is 5.73 Å². The Bertz CT molecular complexity index is 107. The van der Waals surface area contributed by atoms with Crippen molar-refractivity contribution in [2.75, 3.05) is 20.6 Å². The molecular formula is C7H17N3. The van der Waals surface area contributed by atoms with E-state index in [1.54, 1.807) is 0 Å². The topological polar surface area (TPSA) is 41.6 Å². The first kappa shape index (κ1) is 9.27. The fourth-order valence-electron chi connectivity index (χ4n) is 0.493. The Kier molecular flexibility index (Phi) is 4.72. The Morgan fingerprint density at radius 3 is 2.50 bits per heavy atom. The lowest BCUT2D eigenvalue weighted by Crippen LogP contribution is -2.30. The molecule has 0 aromatic heterocycles. The number of nitrogens with two attached hydrogens (primary N) is 1. The quantitative estimate of drug-likeness (QED) is 0.358. The monoisotopic (exact) mass is 143 g/mol. The van der Waals surface area contributed by atoms with Crippen LogP contribution in [-0.2, 0) is 0 Å². The summed E-state index contributed by atoms with van der Waals surface area (Å²) in [7, 11) is 3.79. The molecule has 0 amide bonds. The number of hydrogen-bond donors (Lipinski definition) is 1. The molecule has 0 fully saturated rings. The van der Waals surface area contributed by atoms with E-state index in [1.807, 2.05) is 19.0 Å². The van der Waals surface area contributed by atoms with Crippen LogP contribution in [0, 0.1) is 0 Å². The average molecular weight is 143 g/mol. The fraction of sp³-hybridized carbons (Fsp3) is 0.857. The van der Waals surface area contributed by atoms with Crippen LogP contribution in [0.5, 0.6) is 0 Å². The first-order valence-corrected chi connectivity index (χ1v) is 3.65. The molecule has 10 heavy (non-hydrogen) atoms. The van der Waals surface area contributed by atoms with E-state index in [1.165, 1.54) is 6.42 Å². The largest absolute Gasteiger partial charge is 0.370 e. The predicted octanol–water partition coefficient (Wildman–Crippen LogP) is 0.663. The third kappa shape index (κ3) is 4.18. The van der Waals surface area contributed by atoms with E-state index < -0.39 is 0 Å². The summed E-state index contributed by atoms with van der Waals surface area (Å²) in [6, 6.07) is 0. The Morgan fingerprint density at radius 1 is 1.50 bits per heavy atom. The molecule has 3 heteroatoms. The average Bonchev–Trinajstić information content (AvgIpc) is 1.88. The second kappa shape index (κ2) is 5.09. The van der Waals surface area contributed by atoms with Gasteiger partial charge in [0.15, 0.2) is 5.96 Å². The van der Waals surface area contributed by atoms with Crippen molar-refractivity contribution < 1.29 is 0 Å². The zero-order valence-corrected chi connectivity index (χ0v) is 7.09. The van der Waals surface area contributed by atoms with Crippen LogP contribution in [0.25, 0.3) is 0 Å². The van der Waals surface area contributed by atoms with Gasteiger partial charge in [-0.2, -0.15) is 0 Å². The molecule has 0 radical (unpaired) electrons. The van der Waals surface area contributed by atoms with E-state index in [9.17, 15) is 0 Å². The van der Waals surface area contributed by atoms with Crippen LogP contribution in [0.15, 0.2) is 4.99 Å². The minimum Gasteiger partial charge on any atom is -0.370 e. The van der Waals surface area contributed by atoms with E-state index in [-0.39, 0.29) is 0 Å². The highest BCUT2D eigenvalue weighted by Gasteiger charge is 1.90. The number of unbranched alkanes of at least 4 members (excludes halogenated alkanes) is 1. The molecule has 0 aromatic carbocycles. The van der Waals surface area contributed by atoms with E-state index in [0.29, 0.717) is 5.96 Å². The fourth-order valence-corrected chi connectivity index (χ4v) is 0.493. The Balaban J connectivity index is 3.48. The lowest BCUT2D eigenvalue weighted by Gasteiger charge is -2.09. The summed E-state index contributed by atoms with van der Waals surface area (Å²) >= 11 is 0. The maximum Gasteiger partial charge on any atom is 0.190 e. The van der Waals surface area contributed by atoms with Gasteiger partial charge in [-0.3, -0.25) is 4.99 Å². The van der Waals surface area contributed by atoms with Crippen molar-refractivity contribution in [1.29, 1.82) is 0 Å². The summed E-state index contributed by atoms with van der Waals surface area (Å²) in [4.78, 5) is 5.95. The van der Waals surface area contributed by atoms with Crippen LogP contribution in [0.3, 0.4) is 0 Å². The van der Waals surface area contributed by atoms with Gasteiger partial charge in [-0.15, -0.1) is 0 Å². The van der Waals surface area contributed by atoms with Crippen LogP contribution >= 0.6 is 0 Å².